The Labute approximate surface area is 104 Å². The zero-order valence-corrected chi connectivity index (χ0v) is 10.9. The summed E-state index contributed by atoms with van der Waals surface area (Å²) in [7, 11) is 3.78. The molecule has 0 radical (unpaired) electrons. The van der Waals surface area contributed by atoms with Crippen molar-refractivity contribution in [2.75, 3.05) is 27.2 Å². The van der Waals surface area contributed by atoms with Crippen LogP contribution < -0.4 is 15.4 Å². The number of methoxy groups -OCH3 is 1. The van der Waals surface area contributed by atoms with Crippen molar-refractivity contribution in [2.45, 2.75) is 19.4 Å². The maximum atomic E-state index is 5.49. The number of nitrogens with one attached hydrogen (secondary N) is 2. The Kier molecular flexibility index (Phi) is 4.02. The number of rotatable bonds is 5. The van der Waals surface area contributed by atoms with Crippen LogP contribution in [0.2, 0.25) is 0 Å². The minimum atomic E-state index is 0.387. The molecule has 1 fully saturated rings. The Hall–Kier alpha value is -1.06. The van der Waals surface area contributed by atoms with Crippen molar-refractivity contribution in [3.8, 4) is 5.75 Å². The van der Waals surface area contributed by atoms with E-state index in [0.29, 0.717) is 12.0 Å². The first-order valence-electron chi connectivity index (χ1n) is 6.35. The lowest BCUT2D eigenvalue weighted by Gasteiger charge is -2.35. The van der Waals surface area contributed by atoms with Crippen LogP contribution in [0.15, 0.2) is 18.2 Å². The molecule has 3 heteroatoms. The van der Waals surface area contributed by atoms with Gasteiger partial charge in [0.2, 0.25) is 0 Å². The van der Waals surface area contributed by atoms with Gasteiger partial charge in [-0.15, -0.1) is 0 Å². The molecule has 1 heterocycles. The van der Waals surface area contributed by atoms with Crippen molar-refractivity contribution in [1.29, 1.82) is 0 Å². The molecule has 1 unspecified atom stereocenters. The summed E-state index contributed by atoms with van der Waals surface area (Å²) in [6.07, 6.45) is 1.07. The number of aryl methyl sites for hydroxylation is 1. The van der Waals surface area contributed by atoms with E-state index in [4.69, 9.17) is 4.74 Å². The van der Waals surface area contributed by atoms with Crippen LogP contribution in [0.1, 0.15) is 24.1 Å². The predicted octanol–water partition coefficient (Wildman–Crippen LogP) is 1.74. The third-order valence-electron chi connectivity index (χ3n) is 3.63. The Morgan fingerprint density at radius 3 is 2.71 bits per heavy atom. The molecule has 0 bridgehead atoms. The van der Waals surface area contributed by atoms with Crippen LogP contribution in [0.25, 0.3) is 0 Å². The second kappa shape index (κ2) is 5.52. The number of hydrogen-bond donors (Lipinski definition) is 2. The smallest absolute Gasteiger partial charge is 0.123 e. The Bertz CT molecular complexity index is 374. The minimum absolute atomic E-state index is 0.387. The molecule has 1 atom stereocenters. The van der Waals surface area contributed by atoms with Crippen LogP contribution in [0.5, 0.6) is 5.75 Å². The van der Waals surface area contributed by atoms with Crippen molar-refractivity contribution < 1.29 is 4.74 Å². The maximum absolute atomic E-state index is 5.49. The molecule has 17 heavy (non-hydrogen) atoms. The van der Waals surface area contributed by atoms with E-state index in [2.05, 4.69) is 35.8 Å². The summed E-state index contributed by atoms with van der Waals surface area (Å²) in [5.74, 6) is 1.66. The molecule has 0 aliphatic carbocycles. The van der Waals surface area contributed by atoms with Crippen molar-refractivity contribution in [3.05, 3.63) is 29.3 Å². The summed E-state index contributed by atoms with van der Waals surface area (Å²) < 4.78 is 5.49. The van der Waals surface area contributed by atoms with E-state index >= 15 is 0 Å². The zero-order chi connectivity index (χ0) is 12.3. The normalized spacial score (nSPS) is 17.6. The van der Waals surface area contributed by atoms with E-state index in [1.165, 1.54) is 11.1 Å². The zero-order valence-electron chi connectivity index (χ0n) is 10.9. The van der Waals surface area contributed by atoms with E-state index < -0.39 is 0 Å². The standard InChI is InChI=1S/C14H22N2O/c1-4-10-5-6-13(17-3)12(7-10)14(15-2)11-8-16-9-11/h5-7,11,14-16H,4,8-9H2,1-3H3. The Morgan fingerprint density at radius 2 is 2.24 bits per heavy atom. The highest BCUT2D eigenvalue weighted by Crippen LogP contribution is 2.32. The summed E-state index contributed by atoms with van der Waals surface area (Å²) >= 11 is 0. The van der Waals surface area contributed by atoms with Crippen LogP contribution in [-0.2, 0) is 6.42 Å². The van der Waals surface area contributed by atoms with Gasteiger partial charge in [-0.2, -0.15) is 0 Å². The fraction of sp³-hybridized carbons (Fsp3) is 0.571. The van der Waals surface area contributed by atoms with Crippen LogP contribution in [-0.4, -0.2) is 27.2 Å². The predicted molar refractivity (Wildman–Crippen MR) is 70.5 cm³/mol. The van der Waals surface area contributed by atoms with Crippen molar-refractivity contribution >= 4 is 0 Å². The molecule has 1 aliphatic heterocycles. The molecule has 3 nitrogen and oxygen atoms in total. The van der Waals surface area contributed by atoms with E-state index in [1.807, 2.05) is 7.05 Å². The van der Waals surface area contributed by atoms with Gasteiger partial charge in [-0.1, -0.05) is 19.1 Å². The van der Waals surface area contributed by atoms with E-state index in [1.54, 1.807) is 7.11 Å². The van der Waals surface area contributed by atoms with Gasteiger partial charge in [0.05, 0.1) is 7.11 Å². The lowest BCUT2D eigenvalue weighted by molar-refractivity contribution is 0.262. The van der Waals surface area contributed by atoms with Crippen molar-refractivity contribution in [2.24, 2.45) is 5.92 Å². The molecular weight excluding hydrogens is 212 g/mol. The lowest BCUT2D eigenvalue weighted by atomic mass is 9.87. The van der Waals surface area contributed by atoms with Gasteiger partial charge < -0.3 is 15.4 Å². The SMILES string of the molecule is CCc1ccc(OC)c(C(NC)C2CNC2)c1. The van der Waals surface area contributed by atoms with E-state index in [-0.39, 0.29) is 0 Å². The van der Waals surface area contributed by atoms with Gasteiger partial charge in [-0.3, -0.25) is 0 Å². The fourth-order valence-electron chi connectivity index (χ4n) is 2.44. The first kappa shape index (κ1) is 12.4. The molecule has 0 saturated carbocycles. The third kappa shape index (κ3) is 2.45. The third-order valence-corrected chi connectivity index (χ3v) is 3.63. The van der Waals surface area contributed by atoms with E-state index in [0.717, 1.165) is 25.3 Å². The molecule has 1 saturated heterocycles. The van der Waals surface area contributed by atoms with Crippen LogP contribution in [0, 0.1) is 5.92 Å². The molecule has 1 aliphatic rings. The second-order valence-electron chi connectivity index (χ2n) is 4.61. The topological polar surface area (TPSA) is 33.3 Å². The molecule has 0 spiro atoms. The largest absolute Gasteiger partial charge is 0.496 e. The van der Waals surface area contributed by atoms with Crippen LogP contribution in [0.3, 0.4) is 0 Å². The van der Waals surface area contributed by atoms with Crippen molar-refractivity contribution in [3.63, 3.8) is 0 Å². The van der Waals surface area contributed by atoms with Crippen LogP contribution >= 0.6 is 0 Å². The van der Waals surface area contributed by atoms with Crippen molar-refractivity contribution in [1.82, 2.24) is 10.6 Å². The van der Waals surface area contributed by atoms with Gasteiger partial charge in [-0.25, -0.2) is 0 Å². The quantitative estimate of drug-likeness (QED) is 0.814. The van der Waals surface area contributed by atoms with Gasteiger partial charge in [0.15, 0.2) is 0 Å². The van der Waals surface area contributed by atoms with Gasteiger partial charge in [0.1, 0.15) is 5.75 Å². The first-order valence-corrected chi connectivity index (χ1v) is 6.35. The summed E-state index contributed by atoms with van der Waals surface area (Å²) in [6, 6.07) is 6.90. The monoisotopic (exact) mass is 234 g/mol. The number of ether oxygens (including phenoxy) is 1. The number of benzene rings is 1. The fourth-order valence-corrected chi connectivity index (χ4v) is 2.44. The highest BCUT2D eigenvalue weighted by atomic mass is 16.5. The van der Waals surface area contributed by atoms with Gasteiger partial charge in [-0.05, 0) is 25.1 Å². The molecule has 94 valence electrons. The Morgan fingerprint density at radius 1 is 1.47 bits per heavy atom. The van der Waals surface area contributed by atoms with Gasteiger partial charge in [0.25, 0.3) is 0 Å². The second-order valence-corrected chi connectivity index (χ2v) is 4.61. The molecule has 0 aromatic heterocycles. The summed E-state index contributed by atoms with van der Waals surface area (Å²) in [4.78, 5) is 0. The van der Waals surface area contributed by atoms with Gasteiger partial charge in [0, 0.05) is 30.6 Å². The highest BCUT2D eigenvalue weighted by Gasteiger charge is 2.29. The lowest BCUT2D eigenvalue weighted by Crippen LogP contribution is -2.48. The molecule has 2 rings (SSSR count). The summed E-state index contributed by atoms with van der Waals surface area (Å²) in [5.41, 5.74) is 2.66. The number of hydrogen-bond acceptors (Lipinski definition) is 3. The Balaban J connectivity index is 2.31. The summed E-state index contributed by atoms with van der Waals surface area (Å²) in [5, 5.41) is 6.76. The minimum Gasteiger partial charge on any atom is -0.496 e. The highest BCUT2D eigenvalue weighted by molar-refractivity contribution is 5.40. The van der Waals surface area contributed by atoms with E-state index in [9.17, 15) is 0 Å². The maximum Gasteiger partial charge on any atom is 0.123 e. The molecule has 1 aromatic carbocycles. The molecule has 0 amide bonds. The first-order chi connectivity index (χ1) is 8.30. The van der Waals surface area contributed by atoms with Crippen LogP contribution in [0.4, 0.5) is 0 Å². The summed E-state index contributed by atoms with van der Waals surface area (Å²) in [6.45, 7) is 4.36. The molecule has 2 N–H and O–H groups in total. The average Bonchev–Trinajstić information content (AvgIpc) is 2.32. The average molecular weight is 234 g/mol. The molecular formula is C14H22N2O. The molecule has 1 aromatic rings. The van der Waals surface area contributed by atoms with Gasteiger partial charge >= 0.3 is 0 Å².